The minimum Gasteiger partial charge on any atom is -0.334 e. The third-order valence-corrected chi connectivity index (χ3v) is 4.71. The van der Waals surface area contributed by atoms with Crippen LogP contribution in [0.4, 0.5) is 0 Å². The first-order valence-electron chi connectivity index (χ1n) is 7.63. The summed E-state index contributed by atoms with van der Waals surface area (Å²) in [5.41, 5.74) is 1.90. The van der Waals surface area contributed by atoms with Gasteiger partial charge >= 0.3 is 0 Å². The van der Waals surface area contributed by atoms with E-state index in [4.69, 9.17) is 0 Å². The normalized spacial score (nSPS) is 16.0. The number of rotatable bonds is 5. The maximum atomic E-state index is 4.42. The molecule has 0 aliphatic carbocycles. The molecule has 2 heterocycles. The van der Waals surface area contributed by atoms with Crippen LogP contribution in [0.2, 0.25) is 0 Å². The van der Waals surface area contributed by atoms with E-state index in [2.05, 4.69) is 15.2 Å². The van der Waals surface area contributed by atoms with Crippen molar-refractivity contribution in [2.75, 3.05) is 25.4 Å². The molecule has 1 fully saturated rings. The minimum atomic E-state index is 0.783. The highest BCUT2D eigenvalue weighted by atomic mass is 32.2. The predicted octanol–water partition coefficient (Wildman–Crippen LogP) is 1.70. The maximum Gasteiger partial charge on any atom is 0.209 e. The second kappa shape index (κ2) is 7.52. The van der Waals surface area contributed by atoms with Crippen molar-refractivity contribution >= 4 is 11.8 Å². The molecule has 1 saturated heterocycles. The Morgan fingerprint density at radius 1 is 1.00 bits per heavy atom. The number of aromatic nitrogens is 3. The molecule has 21 heavy (non-hydrogen) atoms. The molecule has 0 amide bonds. The molecule has 1 aliphatic heterocycles. The Hall–Kier alpha value is -1.46. The monoisotopic (exact) mass is 301 g/mol. The van der Waals surface area contributed by atoms with Crippen molar-refractivity contribution in [2.24, 2.45) is 0 Å². The van der Waals surface area contributed by atoms with Gasteiger partial charge in [-0.05, 0) is 19.3 Å². The highest BCUT2D eigenvalue weighted by Crippen LogP contribution is 2.16. The number of piperidine rings is 1. The van der Waals surface area contributed by atoms with Gasteiger partial charge in [0.05, 0.1) is 31.6 Å². The SMILES string of the molecule is c1ccc(-c2cnc(SCC[NH+]3CCCCC3)nn2)cc1. The molecule has 0 atom stereocenters. The van der Waals surface area contributed by atoms with Crippen molar-refractivity contribution in [3.8, 4) is 11.3 Å². The molecule has 0 radical (unpaired) electrons. The van der Waals surface area contributed by atoms with E-state index >= 15 is 0 Å². The van der Waals surface area contributed by atoms with Crippen LogP contribution in [0.1, 0.15) is 19.3 Å². The molecule has 1 aromatic carbocycles. The van der Waals surface area contributed by atoms with E-state index < -0.39 is 0 Å². The van der Waals surface area contributed by atoms with Crippen LogP contribution in [0.25, 0.3) is 11.3 Å². The third-order valence-electron chi connectivity index (χ3n) is 3.86. The molecular weight excluding hydrogens is 280 g/mol. The summed E-state index contributed by atoms with van der Waals surface area (Å²) < 4.78 is 0. The van der Waals surface area contributed by atoms with Crippen LogP contribution < -0.4 is 4.90 Å². The Morgan fingerprint density at radius 3 is 2.52 bits per heavy atom. The van der Waals surface area contributed by atoms with Crippen LogP contribution in [0.3, 0.4) is 0 Å². The maximum absolute atomic E-state index is 4.42. The number of likely N-dealkylation sites (tertiary alicyclic amines) is 1. The number of hydrogen-bond donors (Lipinski definition) is 1. The van der Waals surface area contributed by atoms with Gasteiger partial charge in [-0.3, -0.25) is 0 Å². The highest BCUT2D eigenvalue weighted by Gasteiger charge is 2.13. The number of hydrogen-bond acceptors (Lipinski definition) is 4. The van der Waals surface area contributed by atoms with E-state index in [1.807, 2.05) is 36.5 Å². The quantitative estimate of drug-likeness (QED) is 0.854. The van der Waals surface area contributed by atoms with Gasteiger partial charge in [0.25, 0.3) is 0 Å². The molecule has 3 rings (SSSR count). The van der Waals surface area contributed by atoms with Gasteiger partial charge in [0.2, 0.25) is 5.16 Å². The summed E-state index contributed by atoms with van der Waals surface area (Å²) in [5.74, 6) is 1.07. The summed E-state index contributed by atoms with van der Waals surface area (Å²) in [4.78, 5) is 6.14. The molecule has 5 heteroatoms. The van der Waals surface area contributed by atoms with Gasteiger partial charge in [-0.1, -0.05) is 42.1 Å². The van der Waals surface area contributed by atoms with E-state index in [-0.39, 0.29) is 0 Å². The first-order chi connectivity index (χ1) is 10.4. The zero-order valence-corrected chi connectivity index (χ0v) is 13.0. The molecule has 2 aromatic rings. The summed E-state index contributed by atoms with van der Waals surface area (Å²) in [6.45, 7) is 3.85. The van der Waals surface area contributed by atoms with Gasteiger partial charge in [0.15, 0.2) is 0 Å². The lowest BCUT2D eigenvalue weighted by Gasteiger charge is -2.22. The molecule has 0 unspecified atom stereocenters. The van der Waals surface area contributed by atoms with Gasteiger partial charge in [-0.2, -0.15) is 0 Å². The zero-order chi connectivity index (χ0) is 14.3. The molecule has 4 nitrogen and oxygen atoms in total. The first-order valence-corrected chi connectivity index (χ1v) is 8.62. The van der Waals surface area contributed by atoms with E-state index in [1.54, 1.807) is 16.7 Å². The van der Waals surface area contributed by atoms with Gasteiger partial charge in [-0.15, -0.1) is 10.2 Å². The smallest absolute Gasteiger partial charge is 0.209 e. The van der Waals surface area contributed by atoms with E-state index in [0.717, 1.165) is 22.2 Å². The Morgan fingerprint density at radius 2 is 1.81 bits per heavy atom. The Bertz CT molecular complexity index is 538. The van der Waals surface area contributed by atoms with E-state index in [9.17, 15) is 0 Å². The molecule has 0 saturated carbocycles. The van der Waals surface area contributed by atoms with Crippen LogP contribution in [0.15, 0.2) is 41.7 Å². The minimum absolute atomic E-state index is 0.783. The number of thioether (sulfide) groups is 1. The van der Waals surface area contributed by atoms with Crippen LogP contribution in [0.5, 0.6) is 0 Å². The van der Waals surface area contributed by atoms with E-state index in [0.29, 0.717) is 0 Å². The van der Waals surface area contributed by atoms with Crippen LogP contribution >= 0.6 is 11.8 Å². The Labute approximate surface area is 130 Å². The number of nitrogens with one attached hydrogen (secondary N) is 1. The molecular formula is C16H21N4S+. The fourth-order valence-electron chi connectivity index (χ4n) is 2.66. The number of nitrogens with zero attached hydrogens (tertiary/aromatic N) is 3. The molecule has 0 bridgehead atoms. The molecule has 1 N–H and O–H groups in total. The average Bonchev–Trinajstić information content (AvgIpc) is 2.57. The lowest BCUT2D eigenvalue weighted by atomic mass is 10.1. The second-order valence-electron chi connectivity index (χ2n) is 5.40. The standard InChI is InChI=1S/C16H20N4S/c1-3-7-14(8-4-1)15-13-17-16(19-18-15)21-12-11-20-9-5-2-6-10-20/h1,3-4,7-8,13H,2,5-6,9-12H2/p+1. The average molecular weight is 301 g/mol. The summed E-state index contributed by atoms with van der Waals surface area (Å²) in [6, 6.07) is 10.1. The van der Waals surface area contributed by atoms with Crippen LogP contribution in [0, 0.1) is 0 Å². The lowest BCUT2D eigenvalue weighted by Crippen LogP contribution is -3.13. The molecule has 110 valence electrons. The topological polar surface area (TPSA) is 43.1 Å². The fourth-order valence-corrected chi connectivity index (χ4v) is 3.46. The summed E-state index contributed by atoms with van der Waals surface area (Å²) in [7, 11) is 0. The van der Waals surface area contributed by atoms with Crippen molar-refractivity contribution in [3.05, 3.63) is 36.5 Å². The second-order valence-corrected chi connectivity index (χ2v) is 6.46. The molecule has 1 aliphatic rings. The van der Waals surface area contributed by atoms with Crippen LogP contribution in [-0.4, -0.2) is 40.6 Å². The van der Waals surface area contributed by atoms with Gasteiger partial charge in [0, 0.05) is 5.56 Å². The van der Waals surface area contributed by atoms with Gasteiger partial charge < -0.3 is 4.90 Å². The third kappa shape index (κ3) is 4.25. The van der Waals surface area contributed by atoms with Gasteiger partial charge in [0.1, 0.15) is 5.69 Å². The van der Waals surface area contributed by atoms with Crippen molar-refractivity contribution in [2.45, 2.75) is 24.4 Å². The van der Waals surface area contributed by atoms with Gasteiger partial charge in [-0.25, -0.2) is 4.98 Å². The summed E-state index contributed by atoms with van der Waals surface area (Å²) >= 11 is 1.71. The molecule has 0 spiro atoms. The van der Waals surface area contributed by atoms with Crippen molar-refractivity contribution in [1.82, 2.24) is 15.2 Å². The Balaban J connectivity index is 1.50. The summed E-state index contributed by atoms with van der Waals surface area (Å²) in [5, 5.41) is 9.29. The van der Waals surface area contributed by atoms with Crippen molar-refractivity contribution in [1.29, 1.82) is 0 Å². The molecule has 1 aromatic heterocycles. The van der Waals surface area contributed by atoms with E-state index in [1.165, 1.54) is 38.9 Å². The fraction of sp³-hybridized carbons (Fsp3) is 0.438. The number of benzene rings is 1. The number of quaternary nitrogens is 1. The highest BCUT2D eigenvalue weighted by molar-refractivity contribution is 7.99. The lowest BCUT2D eigenvalue weighted by molar-refractivity contribution is -0.902. The zero-order valence-electron chi connectivity index (χ0n) is 12.2. The summed E-state index contributed by atoms with van der Waals surface area (Å²) in [6.07, 6.45) is 5.98. The largest absolute Gasteiger partial charge is 0.334 e. The Kier molecular flexibility index (Phi) is 5.18. The first kappa shape index (κ1) is 14.5. The van der Waals surface area contributed by atoms with Crippen molar-refractivity contribution in [3.63, 3.8) is 0 Å². The predicted molar refractivity (Wildman–Crippen MR) is 85.4 cm³/mol. The van der Waals surface area contributed by atoms with Crippen LogP contribution in [-0.2, 0) is 0 Å². The van der Waals surface area contributed by atoms with Crippen molar-refractivity contribution < 1.29 is 4.90 Å².